The molecular weight excluding hydrogens is 314 g/mol. The Labute approximate surface area is 147 Å². The fourth-order valence-electron chi connectivity index (χ4n) is 2.74. The second-order valence-corrected chi connectivity index (χ2v) is 5.82. The lowest BCUT2D eigenvalue weighted by atomic mass is 10.0. The fourth-order valence-corrected chi connectivity index (χ4v) is 2.74. The summed E-state index contributed by atoms with van der Waals surface area (Å²) < 4.78 is 1.88. The van der Waals surface area contributed by atoms with Gasteiger partial charge in [-0.1, -0.05) is 30.3 Å². The third-order valence-corrected chi connectivity index (χ3v) is 4.09. The van der Waals surface area contributed by atoms with Gasteiger partial charge in [-0.15, -0.1) is 0 Å². The normalized spacial score (nSPS) is 11.9. The summed E-state index contributed by atoms with van der Waals surface area (Å²) in [6.45, 7) is 0.110. The van der Waals surface area contributed by atoms with Gasteiger partial charge in [0.2, 0.25) is 0 Å². The van der Waals surface area contributed by atoms with E-state index >= 15 is 0 Å². The van der Waals surface area contributed by atoms with E-state index in [2.05, 4.69) is 10.3 Å². The maximum Gasteiger partial charge on any atom is 0.251 e. The minimum absolute atomic E-state index is 0.110. The van der Waals surface area contributed by atoms with Crippen molar-refractivity contribution in [2.24, 2.45) is 0 Å². The van der Waals surface area contributed by atoms with Crippen LogP contribution >= 0.6 is 0 Å². The van der Waals surface area contributed by atoms with Crippen molar-refractivity contribution < 1.29 is 9.90 Å². The molecule has 0 saturated carbocycles. The Morgan fingerprint density at radius 2 is 1.88 bits per heavy atom. The van der Waals surface area contributed by atoms with Crippen LogP contribution in [0.25, 0.3) is 5.69 Å². The number of benzene rings is 2. The number of rotatable bonds is 7. The molecule has 5 nitrogen and oxygen atoms in total. The van der Waals surface area contributed by atoms with Crippen LogP contribution in [0.15, 0.2) is 73.3 Å². The molecular formula is C20H21N3O2. The van der Waals surface area contributed by atoms with Crippen molar-refractivity contribution in [1.29, 1.82) is 0 Å². The van der Waals surface area contributed by atoms with E-state index in [9.17, 15) is 4.79 Å². The lowest BCUT2D eigenvalue weighted by molar-refractivity contribution is 0.0932. The maximum absolute atomic E-state index is 12.6. The number of nitrogens with one attached hydrogen (secondary N) is 1. The van der Waals surface area contributed by atoms with Crippen molar-refractivity contribution in [3.63, 3.8) is 0 Å². The number of hydrogen-bond acceptors (Lipinski definition) is 3. The highest BCUT2D eigenvalue weighted by Crippen LogP contribution is 2.19. The van der Waals surface area contributed by atoms with E-state index in [0.717, 1.165) is 11.3 Å². The SMILES string of the molecule is O=C(NC(CCCO)c1ccccc1)c1ccc(-n2ccnc2)cc1. The van der Waals surface area contributed by atoms with E-state index in [1.54, 1.807) is 24.7 Å². The number of amides is 1. The van der Waals surface area contributed by atoms with Gasteiger partial charge >= 0.3 is 0 Å². The zero-order valence-corrected chi connectivity index (χ0v) is 13.9. The first-order valence-corrected chi connectivity index (χ1v) is 8.33. The van der Waals surface area contributed by atoms with Crippen LogP contribution in [-0.2, 0) is 0 Å². The molecule has 0 aliphatic heterocycles. The quantitative estimate of drug-likeness (QED) is 0.697. The molecule has 5 heteroatoms. The zero-order chi connectivity index (χ0) is 17.5. The van der Waals surface area contributed by atoms with Crippen LogP contribution in [0, 0.1) is 0 Å². The van der Waals surface area contributed by atoms with Gasteiger partial charge in [-0.3, -0.25) is 4.79 Å². The van der Waals surface area contributed by atoms with Gasteiger partial charge in [0.15, 0.2) is 0 Å². The molecule has 1 atom stereocenters. The van der Waals surface area contributed by atoms with E-state index < -0.39 is 0 Å². The highest BCUT2D eigenvalue weighted by Gasteiger charge is 2.15. The van der Waals surface area contributed by atoms with Crippen molar-refractivity contribution in [3.05, 3.63) is 84.4 Å². The predicted octanol–water partition coefficient (Wildman–Crippen LogP) is 3.12. The van der Waals surface area contributed by atoms with Gasteiger partial charge in [-0.05, 0) is 42.7 Å². The number of aliphatic hydroxyl groups is 1. The van der Waals surface area contributed by atoms with Gasteiger partial charge in [-0.2, -0.15) is 0 Å². The number of nitrogens with zero attached hydrogens (tertiary/aromatic N) is 2. The molecule has 0 aliphatic carbocycles. The summed E-state index contributed by atoms with van der Waals surface area (Å²) in [4.78, 5) is 16.6. The first-order chi connectivity index (χ1) is 12.3. The molecule has 0 bridgehead atoms. The van der Waals surface area contributed by atoms with Crippen LogP contribution in [0.3, 0.4) is 0 Å². The average molecular weight is 335 g/mol. The molecule has 0 saturated heterocycles. The highest BCUT2D eigenvalue weighted by molar-refractivity contribution is 5.94. The molecule has 2 aromatic carbocycles. The number of carbonyl (C=O) groups is 1. The molecule has 1 unspecified atom stereocenters. The van der Waals surface area contributed by atoms with Gasteiger partial charge in [0.05, 0.1) is 12.4 Å². The molecule has 0 fully saturated rings. The number of aromatic nitrogens is 2. The van der Waals surface area contributed by atoms with E-state index in [0.29, 0.717) is 18.4 Å². The number of aliphatic hydroxyl groups excluding tert-OH is 1. The molecule has 0 radical (unpaired) electrons. The standard InChI is InChI=1S/C20H21N3O2/c24-14-4-7-19(16-5-2-1-3-6-16)22-20(25)17-8-10-18(11-9-17)23-13-12-21-15-23/h1-3,5-6,8-13,15,19,24H,4,7,14H2,(H,22,25). The van der Waals surface area contributed by atoms with Crippen LogP contribution < -0.4 is 5.32 Å². The third-order valence-electron chi connectivity index (χ3n) is 4.09. The molecule has 0 spiro atoms. The second-order valence-electron chi connectivity index (χ2n) is 5.82. The summed E-state index contributed by atoms with van der Waals surface area (Å²) in [7, 11) is 0. The van der Waals surface area contributed by atoms with Gasteiger partial charge < -0.3 is 15.0 Å². The lowest BCUT2D eigenvalue weighted by Crippen LogP contribution is -2.28. The van der Waals surface area contributed by atoms with Crippen LogP contribution in [0.5, 0.6) is 0 Å². The van der Waals surface area contributed by atoms with E-state index in [4.69, 9.17) is 5.11 Å². The average Bonchev–Trinajstić information content (AvgIpc) is 3.20. The lowest BCUT2D eigenvalue weighted by Gasteiger charge is -2.19. The van der Waals surface area contributed by atoms with Crippen molar-refractivity contribution in [2.75, 3.05) is 6.61 Å². The molecule has 0 aliphatic rings. The summed E-state index contributed by atoms with van der Waals surface area (Å²) in [5, 5.41) is 12.2. The maximum atomic E-state index is 12.6. The van der Waals surface area contributed by atoms with Gasteiger partial charge in [0.1, 0.15) is 0 Å². The van der Waals surface area contributed by atoms with Gasteiger partial charge in [0.25, 0.3) is 5.91 Å². The minimum Gasteiger partial charge on any atom is -0.396 e. The van der Waals surface area contributed by atoms with Crippen LogP contribution in [0.4, 0.5) is 0 Å². The molecule has 2 N–H and O–H groups in total. The topological polar surface area (TPSA) is 67.2 Å². The Bertz CT molecular complexity index is 784. The molecule has 25 heavy (non-hydrogen) atoms. The first-order valence-electron chi connectivity index (χ1n) is 8.33. The van der Waals surface area contributed by atoms with E-state index in [1.165, 1.54) is 0 Å². The summed E-state index contributed by atoms with van der Waals surface area (Å²) in [6, 6.07) is 17.1. The van der Waals surface area contributed by atoms with Crippen molar-refractivity contribution >= 4 is 5.91 Å². The number of imidazole rings is 1. The Morgan fingerprint density at radius 3 is 2.52 bits per heavy atom. The molecule has 3 rings (SSSR count). The third kappa shape index (κ3) is 4.33. The van der Waals surface area contributed by atoms with Crippen LogP contribution in [0.1, 0.15) is 34.8 Å². The van der Waals surface area contributed by atoms with E-state index in [-0.39, 0.29) is 18.6 Å². The minimum atomic E-state index is -0.121. The molecule has 1 amide bonds. The molecule has 128 valence electrons. The summed E-state index contributed by atoms with van der Waals surface area (Å²) >= 11 is 0. The molecule has 1 aromatic heterocycles. The monoisotopic (exact) mass is 335 g/mol. The smallest absolute Gasteiger partial charge is 0.251 e. The van der Waals surface area contributed by atoms with Gasteiger partial charge in [-0.25, -0.2) is 4.98 Å². The zero-order valence-electron chi connectivity index (χ0n) is 13.9. The van der Waals surface area contributed by atoms with Crippen molar-refractivity contribution in [2.45, 2.75) is 18.9 Å². The molecule has 3 aromatic rings. The highest BCUT2D eigenvalue weighted by atomic mass is 16.3. The molecule has 1 heterocycles. The van der Waals surface area contributed by atoms with E-state index in [1.807, 2.05) is 53.2 Å². The summed E-state index contributed by atoms with van der Waals surface area (Å²) in [6.07, 6.45) is 6.62. The number of hydrogen-bond donors (Lipinski definition) is 2. The summed E-state index contributed by atoms with van der Waals surface area (Å²) in [5.41, 5.74) is 2.60. The van der Waals surface area contributed by atoms with Crippen LogP contribution in [0.2, 0.25) is 0 Å². The Balaban J connectivity index is 1.72. The summed E-state index contributed by atoms with van der Waals surface area (Å²) in [5.74, 6) is -0.121. The first kappa shape index (κ1) is 16.9. The van der Waals surface area contributed by atoms with Crippen LogP contribution in [-0.4, -0.2) is 27.2 Å². The Kier molecular flexibility index (Phi) is 5.59. The predicted molar refractivity (Wildman–Crippen MR) is 96.5 cm³/mol. The second kappa shape index (κ2) is 8.26. The largest absolute Gasteiger partial charge is 0.396 e. The Morgan fingerprint density at radius 1 is 1.12 bits per heavy atom. The van der Waals surface area contributed by atoms with Gasteiger partial charge in [0, 0.05) is 30.3 Å². The van der Waals surface area contributed by atoms with Crippen molar-refractivity contribution in [1.82, 2.24) is 14.9 Å². The fraction of sp³-hybridized carbons (Fsp3) is 0.200. The number of carbonyl (C=O) groups excluding carboxylic acids is 1. The van der Waals surface area contributed by atoms with Crippen molar-refractivity contribution in [3.8, 4) is 5.69 Å². The Hall–Kier alpha value is -2.92.